The van der Waals surface area contributed by atoms with E-state index in [1.54, 1.807) is 0 Å². The Morgan fingerprint density at radius 3 is 3.06 bits per heavy atom. The molecule has 6 heteroatoms. The molecule has 0 aliphatic rings. The van der Waals surface area contributed by atoms with Crippen LogP contribution in [0.5, 0.6) is 0 Å². The first-order chi connectivity index (χ1) is 7.86. The standard InChI is InChI=1S/C10H16N6/c1-3-6-16-8(4-5-14-16)9(11-2)10-12-7-13-15-10/h4-5,7,9,11H,3,6H2,1-2H3,(H,12,13,15). The number of aromatic nitrogens is 5. The Bertz CT molecular complexity index is 418. The zero-order chi connectivity index (χ0) is 11.4. The maximum atomic E-state index is 4.30. The minimum atomic E-state index is 0.0107. The molecule has 0 aliphatic carbocycles. The maximum Gasteiger partial charge on any atom is 0.147 e. The van der Waals surface area contributed by atoms with Gasteiger partial charge in [-0.1, -0.05) is 6.92 Å². The number of hydrogen-bond acceptors (Lipinski definition) is 4. The first kappa shape index (κ1) is 10.8. The van der Waals surface area contributed by atoms with E-state index in [0.717, 1.165) is 24.5 Å². The van der Waals surface area contributed by atoms with Crippen molar-refractivity contribution in [3.05, 3.63) is 30.1 Å². The molecule has 2 aromatic heterocycles. The highest BCUT2D eigenvalue weighted by Crippen LogP contribution is 2.17. The highest BCUT2D eigenvalue weighted by molar-refractivity contribution is 5.15. The van der Waals surface area contributed by atoms with E-state index < -0.39 is 0 Å². The SMILES string of the molecule is CCCn1nccc1C(NC)c1ncn[nH]1. The molecule has 86 valence electrons. The Kier molecular flexibility index (Phi) is 3.31. The Morgan fingerprint density at radius 2 is 2.44 bits per heavy atom. The summed E-state index contributed by atoms with van der Waals surface area (Å²) in [4.78, 5) is 4.17. The summed E-state index contributed by atoms with van der Waals surface area (Å²) in [5, 5.41) is 14.3. The quantitative estimate of drug-likeness (QED) is 0.779. The number of H-pyrrole nitrogens is 1. The average Bonchev–Trinajstić information content (AvgIpc) is 2.92. The van der Waals surface area contributed by atoms with E-state index in [1.807, 2.05) is 24.0 Å². The van der Waals surface area contributed by atoms with Gasteiger partial charge in [0.25, 0.3) is 0 Å². The summed E-state index contributed by atoms with van der Waals surface area (Å²) in [5.41, 5.74) is 1.10. The van der Waals surface area contributed by atoms with E-state index in [1.165, 1.54) is 6.33 Å². The van der Waals surface area contributed by atoms with Crippen molar-refractivity contribution in [2.24, 2.45) is 0 Å². The fourth-order valence-corrected chi connectivity index (χ4v) is 1.77. The molecule has 0 amide bonds. The first-order valence-electron chi connectivity index (χ1n) is 5.41. The van der Waals surface area contributed by atoms with Crippen LogP contribution >= 0.6 is 0 Å². The fraction of sp³-hybridized carbons (Fsp3) is 0.500. The molecule has 6 nitrogen and oxygen atoms in total. The van der Waals surface area contributed by atoms with Crippen LogP contribution in [0.15, 0.2) is 18.6 Å². The van der Waals surface area contributed by atoms with Gasteiger partial charge in [0.05, 0.1) is 5.69 Å². The van der Waals surface area contributed by atoms with Crippen LogP contribution in [0.25, 0.3) is 0 Å². The zero-order valence-corrected chi connectivity index (χ0v) is 9.51. The van der Waals surface area contributed by atoms with Crippen LogP contribution in [0.2, 0.25) is 0 Å². The van der Waals surface area contributed by atoms with Gasteiger partial charge in [0.2, 0.25) is 0 Å². The first-order valence-corrected chi connectivity index (χ1v) is 5.41. The van der Waals surface area contributed by atoms with E-state index in [9.17, 15) is 0 Å². The van der Waals surface area contributed by atoms with Crippen LogP contribution in [-0.2, 0) is 6.54 Å². The van der Waals surface area contributed by atoms with Crippen LogP contribution in [0.3, 0.4) is 0 Å². The van der Waals surface area contributed by atoms with Crippen molar-refractivity contribution in [3.63, 3.8) is 0 Å². The number of aryl methyl sites for hydroxylation is 1. The lowest BCUT2D eigenvalue weighted by Gasteiger charge is -2.15. The van der Waals surface area contributed by atoms with Gasteiger partial charge >= 0.3 is 0 Å². The van der Waals surface area contributed by atoms with Crippen molar-refractivity contribution in [1.29, 1.82) is 0 Å². The number of aromatic amines is 1. The molecule has 0 spiro atoms. The molecule has 0 aliphatic heterocycles. The normalized spacial score (nSPS) is 12.9. The van der Waals surface area contributed by atoms with E-state index >= 15 is 0 Å². The third-order valence-electron chi connectivity index (χ3n) is 2.48. The van der Waals surface area contributed by atoms with Gasteiger partial charge in [0.15, 0.2) is 0 Å². The molecule has 2 rings (SSSR count). The van der Waals surface area contributed by atoms with E-state index in [2.05, 4.69) is 32.5 Å². The number of hydrogen-bond donors (Lipinski definition) is 2. The Morgan fingerprint density at radius 1 is 1.56 bits per heavy atom. The smallest absolute Gasteiger partial charge is 0.147 e. The van der Waals surface area contributed by atoms with E-state index in [-0.39, 0.29) is 6.04 Å². The van der Waals surface area contributed by atoms with Crippen molar-refractivity contribution < 1.29 is 0 Å². The Balaban J connectivity index is 2.30. The van der Waals surface area contributed by atoms with Gasteiger partial charge in [-0.25, -0.2) is 4.98 Å². The molecule has 1 unspecified atom stereocenters. The van der Waals surface area contributed by atoms with Crippen LogP contribution < -0.4 is 5.32 Å². The third kappa shape index (κ3) is 1.96. The zero-order valence-electron chi connectivity index (χ0n) is 9.51. The van der Waals surface area contributed by atoms with Gasteiger partial charge in [0, 0.05) is 12.7 Å². The number of nitrogens with one attached hydrogen (secondary N) is 2. The highest BCUT2D eigenvalue weighted by Gasteiger charge is 2.18. The lowest BCUT2D eigenvalue weighted by molar-refractivity contribution is 0.523. The van der Waals surface area contributed by atoms with Gasteiger partial charge in [0.1, 0.15) is 18.2 Å². The van der Waals surface area contributed by atoms with Crippen LogP contribution in [-0.4, -0.2) is 32.0 Å². The van der Waals surface area contributed by atoms with Crippen molar-refractivity contribution in [2.45, 2.75) is 25.9 Å². The molecule has 0 saturated carbocycles. The van der Waals surface area contributed by atoms with Crippen molar-refractivity contribution >= 4 is 0 Å². The molecule has 2 aromatic rings. The minimum absolute atomic E-state index is 0.0107. The van der Waals surface area contributed by atoms with E-state index in [4.69, 9.17) is 0 Å². The largest absolute Gasteiger partial charge is 0.305 e. The van der Waals surface area contributed by atoms with Gasteiger partial charge in [-0.05, 0) is 19.5 Å². The van der Waals surface area contributed by atoms with Crippen LogP contribution in [0.4, 0.5) is 0 Å². The molecule has 2 heterocycles. The summed E-state index contributed by atoms with van der Waals surface area (Å²) >= 11 is 0. The second-order valence-corrected chi connectivity index (χ2v) is 3.57. The predicted molar refractivity (Wildman–Crippen MR) is 59.8 cm³/mol. The summed E-state index contributed by atoms with van der Waals surface area (Å²) in [6, 6.07) is 2.01. The lowest BCUT2D eigenvalue weighted by atomic mass is 10.2. The molecule has 1 atom stereocenters. The molecule has 0 radical (unpaired) electrons. The lowest BCUT2D eigenvalue weighted by Crippen LogP contribution is -2.22. The summed E-state index contributed by atoms with van der Waals surface area (Å²) in [7, 11) is 1.90. The van der Waals surface area contributed by atoms with Crippen molar-refractivity contribution in [2.75, 3.05) is 7.05 Å². The van der Waals surface area contributed by atoms with Crippen LogP contribution in [0, 0.1) is 0 Å². The molecule has 2 N–H and O–H groups in total. The summed E-state index contributed by atoms with van der Waals surface area (Å²) in [6.45, 7) is 3.04. The Hall–Kier alpha value is -1.69. The molecule has 0 fully saturated rings. The summed E-state index contributed by atoms with van der Waals surface area (Å²) in [5.74, 6) is 0.806. The van der Waals surface area contributed by atoms with Crippen molar-refractivity contribution in [3.8, 4) is 0 Å². The second-order valence-electron chi connectivity index (χ2n) is 3.57. The Labute approximate surface area is 94.1 Å². The monoisotopic (exact) mass is 220 g/mol. The third-order valence-corrected chi connectivity index (χ3v) is 2.48. The van der Waals surface area contributed by atoms with Gasteiger partial charge < -0.3 is 5.32 Å². The van der Waals surface area contributed by atoms with Gasteiger partial charge in [-0.2, -0.15) is 10.2 Å². The average molecular weight is 220 g/mol. The molecule has 0 saturated heterocycles. The molecule has 16 heavy (non-hydrogen) atoms. The predicted octanol–water partition coefficient (Wildman–Crippen LogP) is 0.720. The highest BCUT2D eigenvalue weighted by atomic mass is 15.3. The topological polar surface area (TPSA) is 71.4 Å². The molecular formula is C10H16N6. The van der Waals surface area contributed by atoms with Gasteiger partial charge in [-0.15, -0.1) is 0 Å². The molecular weight excluding hydrogens is 204 g/mol. The molecule has 0 bridgehead atoms. The van der Waals surface area contributed by atoms with E-state index in [0.29, 0.717) is 0 Å². The molecule has 0 aromatic carbocycles. The second kappa shape index (κ2) is 4.89. The van der Waals surface area contributed by atoms with Crippen molar-refractivity contribution in [1.82, 2.24) is 30.3 Å². The minimum Gasteiger partial charge on any atom is -0.305 e. The fourth-order valence-electron chi connectivity index (χ4n) is 1.77. The summed E-state index contributed by atoms with van der Waals surface area (Å²) in [6.07, 6.45) is 4.38. The van der Waals surface area contributed by atoms with Crippen LogP contribution in [0.1, 0.15) is 30.9 Å². The summed E-state index contributed by atoms with van der Waals surface area (Å²) < 4.78 is 1.99. The van der Waals surface area contributed by atoms with Gasteiger partial charge in [-0.3, -0.25) is 9.78 Å². The maximum absolute atomic E-state index is 4.30. The number of nitrogens with zero attached hydrogens (tertiary/aromatic N) is 4. The number of rotatable bonds is 5.